The van der Waals surface area contributed by atoms with Crippen molar-refractivity contribution in [2.75, 3.05) is 0 Å². The Balaban J connectivity index is 1.77. The Morgan fingerprint density at radius 1 is 0.850 bits per heavy atom. The quantitative estimate of drug-likeness (QED) is 0.693. The average molecular weight is 260 g/mol. The first-order chi connectivity index (χ1) is 9.78. The molecule has 1 spiro atoms. The maximum Gasteiger partial charge on any atom is 0.170 e. The van der Waals surface area contributed by atoms with Gasteiger partial charge >= 0.3 is 0 Å². The van der Waals surface area contributed by atoms with Crippen molar-refractivity contribution in [3.63, 3.8) is 0 Å². The molecule has 2 aliphatic rings. The van der Waals surface area contributed by atoms with Gasteiger partial charge in [-0.2, -0.15) is 0 Å². The van der Waals surface area contributed by atoms with Crippen molar-refractivity contribution in [1.29, 1.82) is 0 Å². The molecule has 0 heterocycles. The Morgan fingerprint density at radius 3 is 2.35 bits per heavy atom. The van der Waals surface area contributed by atoms with Gasteiger partial charge in [0.15, 0.2) is 5.78 Å². The van der Waals surface area contributed by atoms with Gasteiger partial charge in [-0.1, -0.05) is 60.7 Å². The topological polar surface area (TPSA) is 17.1 Å². The fourth-order valence-corrected chi connectivity index (χ4v) is 3.53. The van der Waals surface area contributed by atoms with E-state index in [1.807, 2.05) is 12.1 Å². The van der Waals surface area contributed by atoms with E-state index in [4.69, 9.17) is 0 Å². The smallest absolute Gasteiger partial charge is 0.170 e. The van der Waals surface area contributed by atoms with Crippen LogP contribution in [0.2, 0.25) is 0 Å². The van der Waals surface area contributed by atoms with Crippen LogP contribution in [0.3, 0.4) is 0 Å². The molecule has 0 aromatic heterocycles. The maximum atomic E-state index is 12.6. The molecule has 98 valence electrons. The summed E-state index contributed by atoms with van der Waals surface area (Å²) >= 11 is 0. The first kappa shape index (κ1) is 11.7. The third-order valence-electron chi connectivity index (χ3n) is 4.65. The highest BCUT2D eigenvalue weighted by Crippen LogP contribution is 2.46. The van der Waals surface area contributed by atoms with Gasteiger partial charge in [-0.25, -0.2) is 0 Å². The van der Waals surface area contributed by atoms with Crippen LogP contribution >= 0.6 is 0 Å². The van der Waals surface area contributed by atoms with E-state index in [-0.39, 0.29) is 5.41 Å². The van der Waals surface area contributed by atoms with E-state index >= 15 is 0 Å². The molecule has 1 heteroatoms. The van der Waals surface area contributed by atoms with Crippen molar-refractivity contribution < 1.29 is 4.79 Å². The summed E-state index contributed by atoms with van der Waals surface area (Å²) in [5.41, 5.74) is 4.43. The summed E-state index contributed by atoms with van der Waals surface area (Å²) in [6, 6.07) is 16.7. The van der Waals surface area contributed by atoms with Crippen LogP contribution in [0.15, 0.2) is 60.7 Å². The van der Waals surface area contributed by atoms with Gasteiger partial charge in [0.1, 0.15) is 0 Å². The van der Waals surface area contributed by atoms with Gasteiger partial charge in [0, 0.05) is 11.0 Å². The fraction of sp³-hybridized carbons (Fsp3) is 0.211. The number of hydrogen-bond donors (Lipinski definition) is 0. The number of Topliss-reactive ketones (excluding diaryl/α,β-unsaturated/α-hetero) is 1. The number of carbonyl (C=O) groups excluding carboxylic acids is 1. The Hall–Kier alpha value is -2.15. The third kappa shape index (κ3) is 1.59. The standard InChI is InChI=1S/C19H16O/c20-18-17-9-8-15(14-6-2-1-3-7-14)12-16(17)13-19(18)10-4-5-11-19/h1-9,12H,10-11,13H2. The minimum Gasteiger partial charge on any atom is -0.294 e. The molecule has 0 amide bonds. The van der Waals surface area contributed by atoms with E-state index in [2.05, 4.69) is 48.6 Å². The van der Waals surface area contributed by atoms with E-state index in [1.54, 1.807) is 0 Å². The second kappa shape index (κ2) is 4.17. The highest BCUT2D eigenvalue weighted by Gasteiger charge is 2.45. The van der Waals surface area contributed by atoms with Gasteiger partial charge in [0.2, 0.25) is 0 Å². The second-order valence-corrected chi connectivity index (χ2v) is 5.90. The molecule has 0 saturated heterocycles. The molecule has 0 N–H and O–H groups in total. The van der Waals surface area contributed by atoms with Crippen molar-refractivity contribution in [3.05, 3.63) is 71.8 Å². The maximum absolute atomic E-state index is 12.6. The molecule has 0 saturated carbocycles. The zero-order valence-electron chi connectivity index (χ0n) is 11.3. The molecular weight excluding hydrogens is 244 g/mol. The lowest BCUT2D eigenvalue weighted by Gasteiger charge is -2.19. The number of allylic oxidation sites excluding steroid dienone is 2. The second-order valence-electron chi connectivity index (χ2n) is 5.90. The fourth-order valence-electron chi connectivity index (χ4n) is 3.53. The summed E-state index contributed by atoms with van der Waals surface area (Å²) in [4.78, 5) is 12.6. The number of hydrogen-bond acceptors (Lipinski definition) is 1. The zero-order chi connectivity index (χ0) is 13.6. The molecule has 20 heavy (non-hydrogen) atoms. The number of carbonyl (C=O) groups is 1. The lowest BCUT2D eigenvalue weighted by molar-refractivity contribution is 0.0835. The average Bonchev–Trinajstić information content (AvgIpc) is 3.07. The van der Waals surface area contributed by atoms with Crippen molar-refractivity contribution in [2.45, 2.75) is 19.3 Å². The minimum atomic E-state index is -0.155. The molecule has 2 aromatic rings. The summed E-state index contributed by atoms with van der Waals surface area (Å²) in [5.74, 6) is 0.345. The first-order valence-corrected chi connectivity index (χ1v) is 7.17. The summed E-state index contributed by atoms with van der Waals surface area (Å²) in [6.45, 7) is 0. The van der Waals surface area contributed by atoms with E-state index in [0.29, 0.717) is 5.78 Å². The third-order valence-corrected chi connectivity index (χ3v) is 4.65. The highest BCUT2D eigenvalue weighted by atomic mass is 16.1. The van der Waals surface area contributed by atoms with Crippen molar-refractivity contribution in [3.8, 4) is 11.1 Å². The number of fused-ring (bicyclic) bond motifs is 1. The molecule has 0 bridgehead atoms. The van der Waals surface area contributed by atoms with Crippen LogP contribution in [0.4, 0.5) is 0 Å². The molecule has 0 aliphatic heterocycles. The monoisotopic (exact) mass is 260 g/mol. The number of rotatable bonds is 1. The van der Waals surface area contributed by atoms with E-state index in [0.717, 1.165) is 24.8 Å². The Morgan fingerprint density at radius 2 is 1.60 bits per heavy atom. The summed E-state index contributed by atoms with van der Waals surface area (Å²) in [7, 11) is 0. The normalized spacial score (nSPS) is 18.7. The van der Waals surface area contributed by atoms with Crippen LogP contribution in [-0.4, -0.2) is 5.78 Å². The molecule has 0 fully saturated rings. The molecule has 4 rings (SSSR count). The van der Waals surface area contributed by atoms with Crippen LogP contribution in [-0.2, 0) is 6.42 Å². The number of ketones is 1. The van der Waals surface area contributed by atoms with E-state index in [1.165, 1.54) is 16.7 Å². The molecule has 0 radical (unpaired) electrons. The molecular formula is C19H16O. The summed E-state index contributed by atoms with van der Waals surface area (Å²) in [6.07, 6.45) is 7.01. The molecule has 2 aromatic carbocycles. The van der Waals surface area contributed by atoms with Gasteiger partial charge in [-0.15, -0.1) is 0 Å². The lowest BCUT2D eigenvalue weighted by Crippen LogP contribution is -2.24. The van der Waals surface area contributed by atoms with Crippen LogP contribution in [0.5, 0.6) is 0 Å². The van der Waals surface area contributed by atoms with Gasteiger partial charge < -0.3 is 0 Å². The van der Waals surface area contributed by atoms with Crippen LogP contribution in [0.25, 0.3) is 11.1 Å². The molecule has 1 nitrogen and oxygen atoms in total. The molecule has 2 aliphatic carbocycles. The van der Waals surface area contributed by atoms with E-state index < -0.39 is 0 Å². The Labute approximate surface area is 119 Å². The molecule has 0 unspecified atom stereocenters. The Kier molecular flexibility index (Phi) is 2.43. The van der Waals surface area contributed by atoms with Crippen LogP contribution in [0, 0.1) is 5.41 Å². The predicted molar refractivity (Wildman–Crippen MR) is 80.7 cm³/mol. The first-order valence-electron chi connectivity index (χ1n) is 7.17. The predicted octanol–water partition coefficient (Wildman–Crippen LogP) is 4.43. The Bertz CT molecular complexity index is 702. The van der Waals surface area contributed by atoms with Gasteiger partial charge in [-0.05, 0) is 36.0 Å². The van der Waals surface area contributed by atoms with Crippen molar-refractivity contribution >= 4 is 5.78 Å². The van der Waals surface area contributed by atoms with Gasteiger partial charge in [0.25, 0.3) is 0 Å². The van der Waals surface area contributed by atoms with Crippen LogP contribution in [0.1, 0.15) is 28.8 Å². The largest absolute Gasteiger partial charge is 0.294 e. The minimum absolute atomic E-state index is 0.155. The SMILES string of the molecule is O=C1c2ccc(-c3ccccc3)cc2CC12CC=CC2. The van der Waals surface area contributed by atoms with Crippen molar-refractivity contribution in [1.82, 2.24) is 0 Å². The van der Waals surface area contributed by atoms with E-state index in [9.17, 15) is 4.79 Å². The molecule has 0 atom stereocenters. The van der Waals surface area contributed by atoms with Gasteiger partial charge in [0.05, 0.1) is 0 Å². The lowest BCUT2D eigenvalue weighted by atomic mass is 9.81. The zero-order valence-corrected chi connectivity index (χ0v) is 11.3. The van der Waals surface area contributed by atoms with Crippen molar-refractivity contribution in [2.24, 2.45) is 5.41 Å². The van der Waals surface area contributed by atoms with Crippen LogP contribution < -0.4 is 0 Å². The highest BCUT2D eigenvalue weighted by molar-refractivity contribution is 6.05. The summed E-state index contributed by atoms with van der Waals surface area (Å²) in [5, 5.41) is 0. The van der Waals surface area contributed by atoms with Gasteiger partial charge in [-0.3, -0.25) is 4.79 Å². The number of benzene rings is 2. The summed E-state index contributed by atoms with van der Waals surface area (Å²) < 4.78 is 0.